The number of carbonyl (C=O) groups is 2. The van der Waals surface area contributed by atoms with Crippen LogP contribution in [0.4, 0.5) is 0 Å². The number of hydrogen-bond acceptors (Lipinski definition) is 7. The Labute approximate surface area is 173 Å². The quantitative estimate of drug-likeness (QED) is 0.371. The number of amides is 1. The van der Waals surface area contributed by atoms with Crippen molar-refractivity contribution in [1.29, 1.82) is 0 Å². The molecule has 6 atom stereocenters. The van der Waals surface area contributed by atoms with Gasteiger partial charge in [-0.1, -0.05) is 6.92 Å². The summed E-state index contributed by atoms with van der Waals surface area (Å²) in [5.41, 5.74) is 0.0316. The second-order valence-electron chi connectivity index (χ2n) is 8.11. The Bertz CT molecular complexity index is 860. The van der Waals surface area contributed by atoms with Crippen LogP contribution in [0.25, 0.3) is 0 Å². The minimum atomic E-state index is -3.39. The van der Waals surface area contributed by atoms with Crippen LogP contribution in [0.15, 0.2) is 10.6 Å². The molecular weight excluding hydrogens is 420 g/mol. The van der Waals surface area contributed by atoms with E-state index in [2.05, 4.69) is 10.0 Å². The summed E-state index contributed by atoms with van der Waals surface area (Å²) in [6.45, 7) is 5.34. The smallest absolute Gasteiger partial charge is 0.353 e. The maximum Gasteiger partial charge on any atom is 0.353 e. The molecule has 4 N–H and O–H groups in total. The third kappa shape index (κ3) is 3.49. The fourth-order valence-electron chi connectivity index (χ4n) is 4.82. The lowest BCUT2D eigenvalue weighted by Gasteiger charge is -2.46. The number of fused-ring (bicyclic) bond motifs is 1. The maximum absolute atomic E-state index is 12.4. The highest BCUT2D eigenvalue weighted by molar-refractivity contribution is 8.03. The minimum absolute atomic E-state index is 0.00312. The number of β-lactam (4-membered cyclic amide) rings is 1. The summed E-state index contributed by atoms with van der Waals surface area (Å²) in [7, 11) is -3.39. The van der Waals surface area contributed by atoms with E-state index in [0.717, 1.165) is 0 Å². The van der Waals surface area contributed by atoms with Crippen LogP contribution in [0.5, 0.6) is 0 Å². The van der Waals surface area contributed by atoms with Crippen LogP contribution in [0.1, 0.15) is 20.3 Å². The van der Waals surface area contributed by atoms with Gasteiger partial charge in [0.25, 0.3) is 10.2 Å². The summed E-state index contributed by atoms with van der Waals surface area (Å²) in [4.78, 5) is 26.3. The van der Waals surface area contributed by atoms with Crippen molar-refractivity contribution in [2.45, 2.75) is 43.7 Å². The topological polar surface area (TPSA) is 139 Å². The lowest BCUT2D eigenvalue weighted by molar-refractivity contribution is -0.163. The van der Waals surface area contributed by atoms with Crippen molar-refractivity contribution >= 4 is 33.8 Å². The zero-order valence-electron chi connectivity index (χ0n) is 16.2. The second-order valence-corrected chi connectivity index (χ2v) is 11.2. The Hall–Kier alpha value is -1.18. The van der Waals surface area contributed by atoms with E-state index in [9.17, 15) is 28.2 Å². The summed E-state index contributed by atoms with van der Waals surface area (Å²) in [6.07, 6.45) is -0.114. The molecule has 0 unspecified atom stereocenters. The lowest BCUT2D eigenvalue weighted by atomic mass is 9.79. The fourth-order valence-corrected chi connectivity index (χ4v) is 7.57. The molecule has 0 aromatic heterocycles. The van der Waals surface area contributed by atoms with Gasteiger partial charge in [-0.05, 0) is 13.3 Å². The van der Waals surface area contributed by atoms with E-state index in [1.165, 1.54) is 21.0 Å². The average molecular weight is 447 g/mol. The van der Waals surface area contributed by atoms with E-state index in [1.807, 2.05) is 6.92 Å². The zero-order valence-corrected chi connectivity index (χ0v) is 17.9. The molecule has 29 heavy (non-hydrogen) atoms. The summed E-state index contributed by atoms with van der Waals surface area (Å²) in [6, 6.07) is -0.321. The monoisotopic (exact) mass is 446 g/mol. The van der Waals surface area contributed by atoms with E-state index < -0.39 is 28.2 Å². The molecule has 0 radical (unpaired) electrons. The molecule has 0 aliphatic carbocycles. The largest absolute Gasteiger partial charge is 0.477 e. The van der Waals surface area contributed by atoms with Crippen molar-refractivity contribution in [3.05, 3.63) is 10.6 Å². The van der Waals surface area contributed by atoms with Crippen molar-refractivity contribution in [3.63, 3.8) is 0 Å². The van der Waals surface area contributed by atoms with Gasteiger partial charge in [-0.3, -0.25) is 4.79 Å². The predicted octanol–water partition coefficient (Wildman–Crippen LogP) is -1.25. The standard InChI is InChI=1S/C17H26N4O6S2/c1-8-13-12(9(2)22)16(23)21(13)14(17(24)25)15(8)28-11-5-10(18-6-11)7-20-4-3-19-29(20,26)27/h8-13,18-19,22H,3-7H2,1-2H3,(H,24,25)/t8-,9-,10+,11+,12-,13-/m1/s1. The Kier molecular flexibility index (Phi) is 5.45. The van der Waals surface area contributed by atoms with Gasteiger partial charge in [0.2, 0.25) is 5.91 Å². The maximum atomic E-state index is 12.4. The number of aliphatic hydroxyl groups is 1. The molecule has 1 amide bonds. The third-order valence-electron chi connectivity index (χ3n) is 6.20. The first kappa shape index (κ1) is 21.1. The molecule has 4 aliphatic rings. The number of thioether (sulfide) groups is 1. The molecule has 10 nitrogen and oxygen atoms in total. The van der Waals surface area contributed by atoms with Gasteiger partial charge < -0.3 is 20.4 Å². The molecule has 3 saturated heterocycles. The Morgan fingerprint density at radius 1 is 1.41 bits per heavy atom. The summed E-state index contributed by atoms with van der Waals surface area (Å²) >= 11 is 1.46. The van der Waals surface area contributed by atoms with Gasteiger partial charge >= 0.3 is 5.97 Å². The number of carboxylic acids is 1. The van der Waals surface area contributed by atoms with E-state index in [4.69, 9.17) is 0 Å². The van der Waals surface area contributed by atoms with Crippen molar-refractivity contribution in [3.8, 4) is 0 Å². The summed E-state index contributed by atoms with van der Waals surface area (Å²) in [5, 5.41) is 23.1. The van der Waals surface area contributed by atoms with Crippen molar-refractivity contribution < 1.29 is 28.2 Å². The Morgan fingerprint density at radius 3 is 2.72 bits per heavy atom. The molecule has 0 aromatic carbocycles. The van der Waals surface area contributed by atoms with Crippen LogP contribution in [0.3, 0.4) is 0 Å². The van der Waals surface area contributed by atoms with Gasteiger partial charge in [-0.25, -0.2) is 9.52 Å². The predicted molar refractivity (Wildman–Crippen MR) is 106 cm³/mol. The number of hydrogen-bond donors (Lipinski definition) is 4. The molecule has 3 fully saturated rings. The van der Waals surface area contributed by atoms with Crippen LogP contribution in [-0.2, 0) is 19.8 Å². The van der Waals surface area contributed by atoms with Gasteiger partial charge in [0.1, 0.15) is 5.70 Å². The first-order chi connectivity index (χ1) is 13.6. The molecular formula is C17H26N4O6S2. The van der Waals surface area contributed by atoms with E-state index in [1.54, 1.807) is 6.92 Å². The van der Waals surface area contributed by atoms with Crippen molar-refractivity contribution in [2.24, 2.45) is 11.8 Å². The van der Waals surface area contributed by atoms with Crippen LogP contribution in [0.2, 0.25) is 0 Å². The molecule has 4 rings (SSSR count). The van der Waals surface area contributed by atoms with Crippen LogP contribution in [0, 0.1) is 11.8 Å². The lowest BCUT2D eigenvalue weighted by Crippen LogP contribution is -2.63. The Morgan fingerprint density at radius 2 is 2.14 bits per heavy atom. The zero-order chi connectivity index (χ0) is 21.1. The fraction of sp³-hybridized carbons (Fsp3) is 0.765. The van der Waals surface area contributed by atoms with Crippen LogP contribution < -0.4 is 10.0 Å². The third-order valence-corrected chi connectivity index (χ3v) is 9.29. The molecule has 4 aliphatic heterocycles. The van der Waals surface area contributed by atoms with Gasteiger partial charge in [-0.2, -0.15) is 12.7 Å². The van der Waals surface area contributed by atoms with E-state index in [0.29, 0.717) is 37.5 Å². The SMILES string of the molecule is C[C@@H](O)[C@H]1C(=O)N2C(C(=O)O)=C(S[C@@H]3CN[C@H](CN4CCNS4(=O)=O)C3)[C@H](C)[C@H]12. The van der Waals surface area contributed by atoms with E-state index >= 15 is 0 Å². The number of carbonyl (C=O) groups excluding carboxylic acids is 1. The number of aliphatic hydroxyl groups excluding tert-OH is 1. The van der Waals surface area contributed by atoms with Gasteiger partial charge in [0.15, 0.2) is 0 Å². The summed E-state index contributed by atoms with van der Waals surface area (Å²) in [5.74, 6) is -2.19. The van der Waals surface area contributed by atoms with E-state index in [-0.39, 0.29) is 34.9 Å². The number of aliphatic carboxylic acids is 1. The molecule has 162 valence electrons. The highest BCUT2D eigenvalue weighted by Crippen LogP contribution is 2.51. The molecule has 0 saturated carbocycles. The Balaban J connectivity index is 1.45. The van der Waals surface area contributed by atoms with Gasteiger partial charge in [0.05, 0.1) is 18.1 Å². The number of carboxylic acid groups (broad SMARTS) is 1. The minimum Gasteiger partial charge on any atom is -0.477 e. The number of rotatable bonds is 6. The van der Waals surface area contributed by atoms with Crippen molar-refractivity contribution in [2.75, 3.05) is 26.2 Å². The highest BCUT2D eigenvalue weighted by Gasteiger charge is 2.60. The van der Waals surface area contributed by atoms with Crippen LogP contribution in [-0.4, -0.2) is 89.3 Å². The number of nitrogens with one attached hydrogen (secondary N) is 2. The summed E-state index contributed by atoms with van der Waals surface area (Å²) < 4.78 is 27.7. The molecule has 0 aromatic rings. The molecule has 4 heterocycles. The second kappa shape index (κ2) is 7.50. The van der Waals surface area contributed by atoms with Crippen molar-refractivity contribution in [1.82, 2.24) is 19.2 Å². The molecule has 0 spiro atoms. The van der Waals surface area contributed by atoms with Gasteiger partial charge in [0, 0.05) is 48.3 Å². The first-order valence-electron chi connectivity index (χ1n) is 9.75. The molecule has 0 bridgehead atoms. The normalized spacial score (nSPS) is 37.7. The van der Waals surface area contributed by atoms with Gasteiger partial charge in [-0.15, -0.1) is 11.8 Å². The number of nitrogens with zero attached hydrogens (tertiary/aromatic N) is 2. The first-order valence-corrected chi connectivity index (χ1v) is 12.1. The molecule has 12 heteroatoms. The highest BCUT2D eigenvalue weighted by atomic mass is 32.2. The average Bonchev–Trinajstić information content (AvgIpc) is 3.26. The van der Waals surface area contributed by atoms with Crippen LogP contribution >= 0.6 is 11.8 Å².